The lowest BCUT2D eigenvalue weighted by Gasteiger charge is -2.32. The Balaban J connectivity index is 1.66. The fraction of sp³-hybridized carbons (Fsp3) is 0.308. The van der Waals surface area contributed by atoms with Gasteiger partial charge in [0.05, 0.1) is 24.7 Å². The summed E-state index contributed by atoms with van der Waals surface area (Å²) in [6.07, 6.45) is 4.96. The predicted octanol–water partition coefficient (Wildman–Crippen LogP) is 1.52. The molecule has 0 radical (unpaired) electrons. The molecule has 0 bridgehead atoms. The van der Waals surface area contributed by atoms with E-state index in [1.54, 1.807) is 12.5 Å². The third-order valence-corrected chi connectivity index (χ3v) is 3.47. The average molecular weight is 271 g/mol. The van der Waals surface area contributed by atoms with E-state index >= 15 is 0 Å². The largest absolute Gasteiger partial charge is 0.366 e. The van der Waals surface area contributed by atoms with Crippen molar-refractivity contribution in [3.05, 3.63) is 36.6 Å². The molecule has 4 rings (SSSR count). The van der Waals surface area contributed by atoms with E-state index in [2.05, 4.69) is 25.0 Å². The zero-order valence-corrected chi connectivity index (χ0v) is 10.7. The number of aromatic amines is 1. The Labute approximate surface area is 114 Å². The van der Waals surface area contributed by atoms with Gasteiger partial charge in [-0.1, -0.05) is 5.16 Å². The van der Waals surface area contributed by atoms with Crippen LogP contribution in [0.15, 0.2) is 35.4 Å². The highest BCUT2D eigenvalue weighted by molar-refractivity contribution is 5.87. The molecule has 3 aromatic heterocycles. The quantitative estimate of drug-likeness (QED) is 0.761. The van der Waals surface area contributed by atoms with Gasteiger partial charge in [-0.15, -0.1) is 0 Å². The zero-order valence-electron chi connectivity index (χ0n) is 10.7. The van der Waals surface area contributed by atoms with Crippen LogP contribution in [0.2, 0.25) is 0 Å². The number of ether oxygens (including phenoxy) is 1. The fourth-order valence-corrected chi connectivity index (χ4v) is 2.52. The maximum atomic E-state index is 5.74. The minimum Gasteiger partial charge on any atom is -0.366 e. The number of H-pyrrole nitrogens is 1. The van der Waals surface area contributed by atoms with Crippen molar-refractivity contribution in [2.24, 2.45) is 0 Å². The molecule has 1 atom stereocenters. The lowest BCUT2D eigenvalue weighted by Crippen LogP contribution is -2.38. The maximum absolute atomic E-state index is 5.74. The van der Waals surface area contributed by atoms with Crippen molar-refractivity contribution < 1.29 is 9.26 Å². The summed E-state index contributed by atoms with van der Waals surface area (Å²) in [6, 6.07) is 3.82. The fourth-order valence-electron chi connectivity index (χ4n) is 2.52. The Hall–Kier alpha value is -2.41. The van der Waals surface area contributed by atoms with Gasteiger partial charge in [0, 0.05) is 18.8 Å². The Kier molecular flexibility index (Phi) is 2.63. The molecule has 0 aromatic carbocycles. The minimum absolute atomic E-state index is 0.116. The lowest BCUT2D eigenvalue weighted by molar-refractivity contribution is 0.0219. The summed E-state index contributed by atoms with van der Waals surface area (Å²) in [6.45, 7) is 2.11. The van der Waals surface area contributed by atoms with E-state index in [1.807, 2.05) is 18.3 Å². The standard InChI is InChI=1S/C13H13N5O2/c1-3-14-12-9(1)13(16-8-15-12)18-5-6-19-11(7-18)10-2-4-17-20-10/h1-4,8,11H,5-7H2,(H,14,15,16). The summed E-state index contributed by atoms with van der Waals surface area (Å²) in [5, 5.41) is 4.75. The molecule has 4 heterocycles. The predicted molar refractivity (Wildman–Crippen MR) is 71.3 cm³/mol. The third kappa shape index (κ3) is 1.83. The molecule has 3 aromatic rings. The number of anilines is 1. The van der Waals surface area contributed by atoms with Gasteiger partial charge in [-0.2, -0.15) is 0 Å². The third-order valence-electron chi connectivity index (χ3n) is 3.47. The molecule has 1 unspecified atom stereocenters. The van der Waals surface area contributed by atoms with Gasteiger partial charge in [-0.05, 0) is 6.07 Å². The van der Waals surface area contributed by atoms with Crippen LogP contribution >= 0.6 is 0 Å². The van der Waals surface area contributed by atoms with Crippen molar-refractivity contribution in [1.82, 2.24) is 20.1 Å². The molecule has 0 aliphatic carbocycles. The molecule has 7 heteroatoms. The Morgan fingerprint density at radius 1 is 1.30 bits per heavy atom. The van der Waals surface area contributed by atoms with Crippen LogP contribution in [-0.2, 0) is 4.74 Å². The van der Waals surface area contributed by atoms with Crippen molar-refractivity contribution in [1.29, 1.82) is 0 Å². The number of rotatable bonds is 2. The van der Waals surface area contributed by atoms with E-state index in [4.69, 9.17) is 9.26 Å². The van der Waals surface area contributed by atoms with Crippen LogP contribution in [0.5, 0.6) is 0 Å². The number of morpholine rings is 1. The van der Waals surface area contributed by atoms with Crippen LogP contribution in [0.3, 0.4) is 0 Å². The molecular weight excluding hydrogens is 258 g/mol. The molecular formula is C13H13N5O2. The summed E-state index contributed by atoms with van der Waals surface area (Å²) in [5.41, 5.74) is 0.845. The summed E-state index contributed by atoms with van der Waals surface area (Å²) in [4.78, 5) is 13.9. The van der Waals surface area contributed by atoms with Crippen LogP contribution in [0.25, 0.3) is 11.0 Å². The number of nitrogens with one attached hydrogen (secondary N) is 1. The van der Waals surface area contributed by atoms with Crippen molar-refractivity contribution in [3.8, 4) is 0 Å². The molecule has 7 nitrogen and oxygen atoms in total. The van der Waals surface area contributed by atoms with Gasteiger partial charge in [-0.3, -0.25) is 0 Å². The smallest absolute Gasteiger partial charge is 0.167 e. The number of fused-ring (bicyclic) bond motifs is 1. The van der Waals surface area contributed by atoms with E-state index < -0.39 is 0 Å². The topological polar surface area (TPSA) is 80.1 Å². The van der Waals surface area contributed by atoms with E-state index in [9.17, 15) is 0 Å². The van der Waals surface area contributed by atoms with E-state index in [1.165, 1.54) is 0 Å². The van der Waals surface area contributed by atoms with Crippen LogP contribution in [0.4, 0.5) is 5.82 Å². The number of hydrogen-bond acceptors (Lipinski definition) is 6. The highest BCUT2D eigenvalue weighted by atomic mass is 16.5. The molecule has 20 heavy (non-hydrogen) atoms. The molecule has 102 valence electrons. The maximum Gasteiger partial charge on any atom is 0.167 e. The average Bonchev–Trinajstić information content (AvgIpc) is 3.18. The Morgan fingerprint density at radius 2 is 2.30 bits per heavy atom. The molecule has 1 aliphatic heterocycles. The van der Waals surface area contributed by atoms with Crippen LogP contribution < -0.4 is 4.90 Å². The van der Waals surface area contributed by atoms with E-state index in [0.29, 0.717) is 13.2 Å². The van der Waals surface area contributed by atoms with Gasteiger partial charge in [-0.25, -0.2) is 9.97 Å². The first-order chi connectivity index (χ1) is 9.92. The van der Waals surface area contributed by atoms with Gasteiger partial charge < -0.3 is 19.1 Å². The van der Waals surface area contributed by atoms with Crippen molar-refractivity contribution in [2.45, 2.75) is 6.10 Å². The number of hydrogen-bond donors (Lipinski definition) is 1. The molecule has 1 aliphatic rings. The van der Waals surface area contributed by atoms with Crippen LogP contribution in [0, 0.1) is 0 Å². The highest BCUT2D eigenvalue weighted by Crippen LogP contribution is 2.28. The summed E-state index contributed by atoms with van der Waals surface area (Å²) in [5.74, 6) is 1.66. The Morgan fingerprint density at radius 3 is 3.20 bits per heavy atom. The van der Waals surface area contributed by atoms with Gasteiger partial charge in [0.1, 0.15) is 23.9 Å². The first-order valence-corrected chi connectivity index (χ1v) is 6.47. The lowest BCUT2D eigenvalue weighted by atomic mass is 10.2. The van der Waals surface area contributed by atoms with Crippen molar-refractivity contribution >= 4 is 16.9 Å². The first-order valence-electron chi connectivity index (χ1n) is 6.47. The second-order valence-corrected chi connectivity index (χ2v) is 4.66. The zero-order chi connectivity index (χ0) is 13.4. The monoisotopic (exact) mass is 271 g/mol. The van der Waals surface area contributed by atoms with Gasteiger partial charge >= 0.3 is 0 Å². The van der Waals surface area contributed by atoms with Crippen LogP contribution in [-0.4, -0.2) is 39.8 Å². The van der Waals surface area contributed by atoms with Crippen LogP contribution in [0.1, 0.15) is 11.9 Å². The van der Waals surface area contributed by atoms with E-state index in [-0.39, 0.29) is 6.10 Å². The molecule has 0 amide bonds. The molecule has 1 saturated heterocycles. The molecule has 0 saturated carbocycles. The second-order valence-electron chi connectivity index (χ2n) is 4.66. The highest BCUT2D eigenvalue weighted by Gasteiger charge is 2.26. The second kappa shape index (κ2) is 4.61. The minimum atomic E-state index is -0.116. The molecule has 1 N–H and O–H groups in total. The van der Waals surface area contributed by atoms with Gasteiger partial charge in [0.25, 0.3) is 0 Å². The van der Waals surface area contributed by atoms with Crippen molar-refractivity contribution in [2.75, 3.05) is 24.6 Å². The normalized spacial score (nSPS) is 19.6. The molecule has 0 spiro atoms. The summed E-state index contributed by atoms with van der Waals surface area (Å²) in [7, 11) is 0. The van der Waals surface area contributed by atoms with Crippen molar-refractivity contribution in [3.63, 3.8) is 0 Å². The first kappa shape index (κ1) is 11.4. The summed E-state index contributed by atoms with van der Waals surface area (Å²) < 4.78 is 10.9. The number of aromatic nitrogens is 4. The summed E-state index contributed by atoms with van der Waals surface area (Å²) >= 11 is 0. The Bertz CT molecular complexity index is 708. The van der Waals surface area contributed by atoms with E-state index in [0.717, 1.165) is 29.2 Å². The molecule has 1 fully saturated rings. The SMILES string of the molecule is c1cc(C2CN(c3ncnc4[nH]ccc34)CCO2)on1. The van der Waals surface area contributed by atoms with Gasteiger partial charge in [0.2, 0.25) is 0 Å². The number of nitrogens with zero attached hydrogens (tertiary/aromatic N) is 4. The van der Waals surface area contributed by atoms with Gasteiger partial charge in [0.15, 0.2) is 5.76 Å².